The van der Waals surface area contributed by atoms with Crippen LogP contribution in [-0.4, -0.2) is 33.2 Å². The number of carbonyl (C=O) groups excluding carboxylic acids is 1. The van der Waals surface area contributed by atoms with Crippen LogP contribution in [0.4, 0.5) is 0 Å². The Bertz CT molecular complexity index is 545. The van der Waals surface area contributed by atoms with Crippen molar-refractivity contribution in [3.05, 3.63) is 23.8 Å². The number of benzene rings is 1. The summed E-state index contributed by atoms with van der Waals surface area (Å²) in [5.74, 6) is 1.71. The van der Waals surface area contributed by atoms with Crippen LogP contribution in [0.15, 0.2) is 18.2 Å². The summed E-state index contributed by atoms with van der Waals surface area (Å²) in [6.45, 7) is 1.19. The van der Waals surface area contributed by atoms with Crippen LogP contribution >= 0.6 is 12.4 Å². The van der Waals surface area contributed by atoms with Gasteiger partial charge in [0, 0.05) is 13.0 Å². The second kappa shape index (κ2) is 10.5. The molecule has 1 saturated carbocycles. The van der Waals surface area contributed by atoms with Gasteiger partial charge in [-0.3, -0.25) is 4.79 Å². The van der Waals surface area contributed by atoms with Crippen LogP contribution in [0.2, 0.25) is 0 Å². The van der Waals surface area contributed by atoms with Gasteiger partial charge in [0.25, 0.3) is 0 Å². The Hall–Kier alpha value is -1.46. The Morgan fingerprint density at radius 1 is 1.20 bits per heavy atom. The van der Waals surface area contributed by atoms with Gasteiger partial charge in [-0.2, -0.15) is 0 Å². The fourth-order valence-corrected chi connectivity index (χ4v) is 3.57. The van der Waals surface area contributed by atoms with E-state index in [1.807, 2.05) is 18.2 Å². The van der Waals surface area contributed by atoms with Crippen molar-refractivity contribution in [2.24, 2.45) is 11.1 Å². The summed E-state index contributed by atoms with van der Waals surface area (Å²) in [5, 5.41) is 3.04. The molecule has 1 aliphatic carbocycles. The molecule has 2 rings (SSSR count). The first-order chi connectivity index (χ1) is 11.6. The summed E-state index contributed by atoms with van der Waals surface area (Å²) in [6.07, 6.45) is 7.03. The van der Waals surface area contributed by atoms with Crippen LogP contribution in [0.25, 0.3) is 0 Å². The first-order valence-corrected chi connectivity index (χ1v) is 8.80. The lowest BCUT2D eigenvalue weighted by Crippen LogP contribution is -2.39. The van der Waals surface area contributed by atoms with Crippen molar-refractivity contribution in [3.8, 4) is 11.5 Å². The predicted octanol–water partition coefficient (Wildman–Crippen LogP) is 3.08. The number of rotatable bonds is 8. The van der Waals surface area contributed by atoms with E-state index in [1.54, 1.807) is 14.2 Å². The molecule has 1 fully saturated rings. The lowest BCUT2D eigenvalue weighted by Gasteiger charge is -2.35. The van der Waals surface area contributed by atoms with Gasteiger partial charge < -0.3 is 20.5 Å². The average Bonchev–Trinajstić information content (AvgIpc) is 2.62. The number of amides is 1. The van der Waals surface area contributed by atoms with Crippen LogP contribution in [0.1, 0.15) is 44.1 Å². The molecule has 0 saturated heterocycles. The molecule has 0 aliphatic heterocycles. The molecular weight excluding hydrogens is 340 g/mol. The fourth-order valence-electron chi connectivity index (χ4n) is 3.57. The number of nitrogens with two attached hydrogens (primary N) is 1. The van der Waals surface area contributed by atoms with E-state index in [2.05, 4.69) is 5.32 Å². The van der Waals surface area contributed by atoms with Gasteiger partial charge in [-0.25, -0.2) is 0 Å². The maximum atomic E-state index is 12.3. The number of halogens is 1. The molecule has 25 heavy (non-hydrogen) atoms. The van der Waals surface area contributed by atoms with Crippen molar-refractivity contribution >= 4 is 18.3 Å². The van der Waals surface area contributed by atoms with Crippen molar-refractivity contribution in [3.63, 3.8) is 0 Å². The van der Waals surface area contributed by atoms with Crippen molar-refractivity contribution in [1.82, 2.24) is 5.32 Å². The molecule has 6 heteroatoms. The van der Waals surface area contributed by atoms with Crippen LogP contribution in [-0.2, 0) is 11.2 Å². The Balaban J connectivity index is 0.00000312. The second-order valence-electron chi connectivity index (χ2n) is 6.72. The number of nitrogens with one attached hydrogen (secondary N) is 1. The van der Waals surface area contributed by atoms with Gasteiger partial charge in [0.15, 0.2) is 0 Å². The monoisotopic (exact) mass is 370 g/mol. The van der Waals surface area contributed by atoms with Crippen molar-refractivity contribution < 1.29 is 14.3 Å². The van der Waals surface area contributed by atoms with E-state index < -0.39 is 0 Å². The minimum atomic E-state index is 0. The number of hydrogen-bond acceptors (Lipinski definition) is 4. The predicted molar refractivity (Wildman–Crippen MR) is 103 cm³/mol. The fraction of sp³-hybridized carbons (Fsp3) is 0.632. The first kappa shape index (κ1) is 21.6. The summed E-state index contributed by atoms with van der Waals surface area (Å²) < 4.78 is 10.6. The molecular formula is C19H31ClN2O3. The van der Waals surface area contributed by atoms with Crippen molar-refractivity contribution in [2.45, 2.75) is 44.9 Å². The third kappa shape index (κ3) is 6.08. The highest BCUT2D eigenvalue weighted by atomic mass is 35.5. The minimum absolute atomic E-state index is 0. The van der Waals surface area contributed by atoms with Gasteiger partial charge in [0.05, 0.1) is 14.2 Å². The minimum Gasteiger partial charge on any atom is -0.497 e. The molecule has 0 radical (unpaired) electrons. The zero-order valence-electron chi connectivity index (χ0n) is 15.3. The molecule has 1 amide bonds. The summed E-state index contributed by atoms with van der Waals surface area (Å²) in [7, 11) is 3.29. The Kier molecular flexibility index (Phi) is 9.08. The Labute approximate surface area is 157 Å². The van der Waals surface area contributed by atoms with Gasteiger partial charge in [0.1, 0.15) is 11.5 Å². The summed E-state index contributed by atoms with van der Waals surface area (Å²) in [5.41, 5.74) is 7.01. The highest BCUT2D eigenvalue weighted by Gasteiger charge is 2.32. The molecule has 0 heterocycles. The topological polar surface area (TPSA) is 73.6 Å². The van der Waals surface area contributed by atoms with Crippen LogP contribution < -0.4 is 20.5 Å². The number of methoxy groups -OCH3 is 2. The van der Waals surface area contributed by atoms with Gasteiger partial charge in [0.2, 0.25) is 5.91 Å². The molecule has 1 aromatic carbocycles. The molecule has 0 unspecified atom stereocenters. The van der Waals surface area contributed by atoms with E-state index in [-0.39, 0.29) is 23.7 Å². The summed E-state index contributed by atoms with van der Waals surface area (Å²) in [4.78, 5) is 12.3. The SMILES string of the molecule is COc1ccc(OC)c(CCNC(=O)CC2(CN)CCCCC2)c1.Cl. The lowest BCUT2D eigenvalue weighted by atomic mass is 9.71. The third-order valence-corrected chi connectivity index (χ3v) is 5.09. The van der Waals surface area contributed by atoms with Crippen molar-refractivity contribution in [1.29, 1.82) is 0 Å². The third-order valence-electron chi connectivity index (χ3n) is 5.09. The maximum Gasteiger partial charge on any atom is 0.220 e. The molecule has 0 atom stereocenters. The highest BCUT2D eigenvalue weighted by molar-refractivity contribution is 5.85. The number of ether oxygens (including phenoxy) is 2. The Morgan fingerprint density at radius 2 is 1.92 bits per heavy atom. The van der Waals surface area contributed by atoms with E-state index in [0.717, 1.165) is 29.9 Å². The zero-order valence-corrected chi connectivity index (χ0v) is 16.1. The molecule has 0 aromatic heterocycles. The lowest BCUT2D eigenvalue weighted by molar-refractivity contribution is -0.123. The molecule has 0 spiro atoms. The molecule has 0 bridgehead atoms. The van der Waals surface area contributed by atoms with E-state index in [9.17, 15) is 4.79 Å². The summed E-state index contributed by atoms with van der Waals surface area (Å²) in [6, 6.07) is 5.71. The maximum absolute atomic E-state index is 12.3. The Morgan fingerprint density at radius 3 is 2.52 bits per heavy atom. The molecule has 1 aliphatic rings. The number of carbonyl (C=O) groups is 1. The van der Waals surface area contributed by atoms with Gasteiger partial charge in [-0.1, -0.05) is 19.3 Å². The smallest absolute Gasteiger partial charge is 0.220 e. The van der Waals surface area contributed by atoms with Crippen LogP contribution in [0.3, 0.4) is 0 Å². The highest BCUT2D eigenvalue weighted by Crippen LogP contribution is 2.38. The first-order valence-electron chi connectivity index (χ1n) is 8.80. The van der Waals surface area contributed by atoms with E-state index in [4.69, 9.17) is 15.2 Å². The normalized spacial score (nSPS) is 15.8. The summed E-state index contributed by atoms with van der Waals surface area (Å²) >= 11 is 0. The number of hydrogen-bond donors (Lipinski definition) is 2. The van der Waals surface area contributed by atoms with E-state index >= 15 is 0 Å². The molecule has 3 N–H and O–H groups in total. The quantitative estimate of drug-likeness (QED) is 0.737. The molecule has 1 aromatic rings. The van der Waals surface area contributed by atoms with Gasteiger partial charge in [-0.05, 0) is 55.0 Å². The van der Waals surface area contributed by atoms with Crippen LogP contribution in [0, 0.1) is 5.41 Å². The van der Waals surface area contributed by atoms with Gasteiger partial charge >= 0.3 is 0 Å². The standard InChI is InChI=1S/C19H30N2O3.ClH/c1-23-16-6-7-17(24-2)15(12-16)8-11-21-18(22)13-19(14-20)9-4-3-5-10-19;/h6-7,12H,3-5,8-11,13-14,20H2,1-2H3,(H,21,22);1H. The average molecular weight is 371 g/mol. The van der Waals surface area contributed by atoms with Crippen LogP contribution in [0.5, 0.6) is 11.5 Å². The van der Waals surface area contributed by atoms with E-state index in [1.165, 1.54) is 19.3 Å². The molecule has 5 nitrogen and oxygen atoms in total. The molecule has 142 valence electrons. The zero-order chi connectivity index (χ0) is 17.4. The van der Waals surface area contributed by atoms with E-state index in [0.29, 0.717) is 25.9 Å². The van der Waals surface area contributed by atoms with Crippen molar-refractivity contribution in [2.75, 3.05) is 27.3 Å². The largest absolute Gasteiger partial charge is 0.497 e. The second-order valence-corrected chi connectivity index (χ2v) is 6.72. The van der Waals surface area contributed by atoms with Gasteiger partial charge in [-0.15, -0.1) is 12.4 Å².